The Hall–Kier alpha value is -3.60. The predicted molar refractivity (Wildman–Crippen MR) is 117 cm³/mol. The van der Waals surface area contributed by atoms with Gasteiger partial charge in [0.15, 0.2) is 0 Å². The number of carbonyl (C=O) groups excluding carboxylic acids is 2. The third kappa shape index (κ3) is 7.97. The highest BCUT2D eigenvalue weighted by Crippen LogP contribution is 2.10. The molecule has 8 nitrogen and oxygen atoms in total. The van der Waals surface area contributed by atoms with E-state index in [-0.39, 0.29) is 37.4 Å². The number of rotatable bonds is 11. The van der Waals surface area contributed by atoms with Crippen LogP contribution in [0.3, 0.4) is 0 Å². The molecule has 0 aliphatic carbocycles. The van der Waals surface area contributed by atoms with Gasteiger partial charge < -0.3 is 20.4 Å². The van der Waals surface area contributed by atoms with Gasteiger partial charge in [-0.3, -0.25) is 4.79 Å². The molecule has 0 aliphatic heterocycles. The lowest BCUT2D eigenvalue weighted by Gasteiger charge is -2.24. The molecule has 1 aromatic carbocycles. The zero-order valence-corrected chi connectivity index (χ0v) is 18.0. The summed E-state index contributed by atoms with van der Waals surface area (Å²) in [5, 5.41) is 14.5. The second kappa shape index (κ2) is 12.2. The highest BCUT2D eigenvalue weighted by molar-refractivity contribution is 5.78. The van der Waals surface area contributed by atoms with Gasteiger partial charge in [0.05, 0.1) is 18.1 Å². The Kier molecular flexibility index (Phi) is 9.30. The minimum Gasteiger partial charge on any atom is -0.445 e. The van der Waals surface area contributed by atoms with Gasteiger partial charge in [-0.05, 0) is 23.6 Å². The molecular formula is C23H29N5O3. The largest absolute Gasteiger partial charge is 0.445 e. The fourth-order valence-electron chi connectivity index (χ4n) is 2.96. The van der Waals surface area contributed by atoms with Crippen LogP contribution in [0.25, 0.3) is 0 Å². The highest BCUT2D eigenvalue weighted by Gasteiger charge is 2.20. The first-order chi connectivity index (χ1) is 14.9. The van der Waals surface area contributed by atoms with Crippen LogP contribution < -0.4 is 10.6 Å². The van der Waals surface area contributed by atoms with Crippen molar-refractivity contribution in [3.63, 3.8) is 0 Å². The summed E-state index contributed by atoms with van der Waals surface area (Å²) >= 11 is 0. The lowest BCUT2D eigenvalue weighted by molar-refractivity contribution is -0.121. The van der Waals surface area contributed by atoms with E-state index >= 15 is 0 Å². The normalized spacial score (nSPS) is 12.3. The summed E-state index contributed by atoms with van der Waals surface area (Å²) in [6, 6.07) is 9.19. The minimum absolute atomic E-state index is 0.136. The summed E-state index contributed by atoms with van der Waals surface area (Å²) in [7, 11) is 0. The maximum atomic E-state index is 12.6. The number of aromatic nitrogens is 2. The molecule has 0 fully saturated rings. The van der Waals surface area contributed by atoms with Crippen molar-refractivity contribution >= 4 is 12.0 Å². The molecule has 1 aromatic heterocycles. The van der Waals surface area contributed by atoms with Crippen LogP contribution in [0.15, 0.2) is 43.1 Å². The first kappa shape index (κ1) is 23.7. The third-order valence-electron chi connectivity index (χ3n) is 4.96. The molecule has 2 amide bonds. The summed E-state index contributed by atoms with van der Waals surface area (Å²) in [4.78, 5) is 31.7. The van der Waals surface area contributed by atoms with Crippen molar-refractivity contribution < 1.29 is 14.3 Å². The number of nitriles is 1. The number of nitrogens with one attached hydrogen (secondary N) is 3. The van der Waals surface area contributed by atoms with Crippen LogP contribution in [-0.4, -0.2) is 41.2 Å². The van der Waals surface area contributed by atoms with Gasteiger partial charge in [0.25, 0.3) is 0 Å². The zero-order chi connectivity index (χ0) is 22.6. The van der Waals surface area contributed by atoms with Crippen LogP contribution in [-0.2, 0) is 22.4 Å². The van der Waals surface area contributed by atoms with Crippen molar-refractivity contribution in [3.05, 3.63) is 65.8 Å². The lowest BCUT2D eigenvalue weighted by Crippen LogP contribution is -2.47. The van der Waals surface area contributed by atoms with Gasteiger partial charge in [-0.25, -0.2) is 9.78 Å². The number of amides is 2. The Morgan fingerprint density at radius 3 is 2.74 bits per heavy atom. The van der Waals surface area contributed by atoms with Gasteiger partial charge in [-0.2, -0.15) is 5.26 Å². The van der Waals surface area contributed by atoms with Crippen molar-refractivity contribution in [2.75, 3.05) is 13.2 Å². The Bertz CT molecular complexity index is 914. The molecule has 0 spiro atoms. The number of imidazole rings is 1. The summed E-state index contributed by atoms with van der Waals surface area (Å²) < 4.78 is 4.91. The average molecular weight is 424 g/mol. The topological polar surface area (TPSA) is 120 Å². The molecule has 1 heterocycles. The van der Waals surface area contributed by atoms with Crippen molar-refractivity contribution in [2.24, 2.45) is 5.92 Å². The van der Waals surface area contributed by atoms with Crippen LogP contribution in [0.4, 0.5) is 4.79 Å². The molecule has 0 saturated carbocycles. The van der Waals surface area contributed by atoms with E-state index in [1.54, 1.807) is 18.3 Å². The predicted octanol–water partition coefficient (Wildman–Crippen LogP) is 2.86. The van der Waals surface area contributed by atoms with E-state index in [1.807, 2.05) is 26.0 Å². The Morgan fingerprint density at radius 2 is 2.10 bits per heavy atom. The number of aromatic amines is 1. The van der Waals surface area contributed by atoms with E-state index in [1.165, 1.54) is 6.08 Å². The van der Waals surface area contributed by atoms with E-state index < -0.39 is 6.09 Å². The monoisotopic (exact) mass is 423 g/mol. The van der Waals surface area contributed by atoms with E-state index in [2.05, 4.69) is 33.2 Å². The first-order valence-corrected chi connectivity index (χ1v) is 10.3. The molecule has 8 heteroatoms. The number of H-pyrrole nitrogens is 1. The second-order valence-electron chi connectivity index (χ2n) is 7.34. The molecule has 0 radical (unpaired) electrons. The van der Waals surface area contributed by atoms with Gasteiger partial charge >= 0.3 is 6.09 Å². The summed E-state index contributed by atoms with van der Waals surface area (Å²) in [5.41, 5.74) is 2.35. The minimum atomic E-state index is -0.538. The van der Waals surface area contributed by atoms with Crippen LogP contribution in [0.1, 0.15) is 42.9 Å². The zero-order valence-electron chi connectivity index (χ0n) is 18.0. The van der Waals surface area contributed by atoms with Crippen LogP contribution in [0.2, 0.25) is 0 Å². The van der Waals surface area contributed by atoms with Crippen LogP contribution in [0, 0.1) is 17.2 Å². The number of nitrogens with zero attached hydrogens (tertiary/aromatic N) is 2. The van der Waals surface area contributed by atoms with Crippen LogP contribution >= 0.6 is 0 Å². The van der Waals surface area contributed by atoms with E-state index in [4.69, 9.17) is 10.00 Å². The van der Waals surface area contributed by atoms with Gasteiger partial charge in [-0.15, -0.1) is 0 Å². The maximum Gasteiger partial charge on any atom is 0.407 e. The molecule has 2 aromatic rings. The molecule has 0 aliphatic rings. The van der Waals surface area contributed by atoms with E-state index in [9.17, 15) is 9.59 Å². The summed E-state index contributed by atoms with van der Waals surface area (Å²) in [6.07, 6.45) is 4.21. The van der Waals surface area contributed by atoms with E-state index in [0.717, 1.165) is 17.8 Å². The fourth-order valence-corrected chi connectivity index (χ4v) is 2.96. The fraction of sp³-hybridized carbons (Fsp3) is 0.391. The summed E-state index contributed by atoms with van der Waals surface area (Å²) in [6.45, 7) is 7.97. The molecule has 0 saturated heterocycles. The molecule has 2 unspecified atom stereocenters. The smallest absolute Gasteiger partial charge is 0.407 e. The molecule has 3 N–H and O–H groups in total. The maximum absolute atomic E-state index is 12.6. The number of hydrogen-bond acceptors (Lipinski definition) is 5. The van der Waals surface area contributed by atoms with Crippen molar-refractivity contribution in [2.45, 2.75) is 39.2 Å². The van der Waals surface area contributed by atoms with Crippen molar-refractivity contribution in [3.8, 4) is 6.07 Å². The first-order valence-electron chi connectivity index (χ1n) is 10.3. The summed E-state index contributed by atoms with van der Waals surface area (Å²) in [5.74, 6) is 0.773. The highest BCUT2D eigenvalue weighted by atomic mass is 16.5. The Morgan fingerprint density at radius 1 is 1.35 bits per heavy atom. The van der Waals surface area contributed by atoms with Gasteiger partial charge in [0.1, 0.15) is 12.4 Å². The molecule has 2 atom stereocenters. The number of ether oxygens (including phenoxy) is 1. The van der Waals surface area contributed by atoms with Gasteiger partial charge in [0.2, 0.25) is 5.91 Å². The SMILES string of the molecule is C=CCOC(=O)NCC(NC(=O)Cc1cnc(Cc2ccc(C#N)cc2)[nH]1)C(C)CC. The number of alkyl carbamates (subject to hydrolysis) is 1. The molecular weight excluding hydrogens is 394 g/mol. The van der Waals surface area contributed by atoms with Crippen molar-refractivity contribution in [1.29, 1.82) is 5.26 Å². The number of benzene rings is 1. The Balaban J connectivity index is 1.89. The third-order valence-corrected chi connectivity index (χ3v) is 4.96. The van der Waals surface area contributed by atoms with Gasteiger partial charge in [0, 0.05) is 30.9 Å². The molecule has 164 valence electrons. The van der Waals surface area contributed by atoms with E-state index in [0.29, 0.717) is 17.7 Å². The van der Waals surface area contributed by atoms with Gasteiger partial charge in [-0.1, -0.05) is 45.1 Å². The van der Waals surface area contributed by atoms with Crippen molar-refractivity contribution in [1.82, 2.24) is 20.6 Å². The molecule has 0 bridgehead atoms. The second-order valence-corrected chi connectivity index (χ2v) is 7.34. The Labute approximate surface area is 182 Å². The number of hydrogen-bond donors (Lipinski definition) is 3. The molecule has 31 heavy (non-hydrogen) atoms. The lowest BCUT2D eigenvalue weighted by atomic mass is 9.99. The van der Waals surface area contributed by atoms with Crippen LogP contribution in [0.5, 0.6) is 0 Å². The average Bonchev–Trinajstić information content (AvgIpc) is 3.21. The quantitative estimate of drug-likeness (QED) is 0.480. The number of carbonyl (C=O) groups is 2. The molecule has 2 rings (SSSR count). The standard InChI is InChI=1S/C23H29N5O3/c1-4-10-31-23(30)26-15-20(16(3)5-2)28-22(29)12-19-14-25-21(27-19)11-17-6-8-18(13-24)9-7-17/h4,6-9,14,16,20H,1,5,10-12,15H2,2-3H3,(H,25,27)(H,26,30)(H,28,29).